The molecule has 0 radical (unpaired) electrons. The van der Waals surface area contributed by atoms with Crippen LogP contribution < -0.4 is 27.0 Å². The number of nitrogens with one attached hydrogen (secondary N) is 4. The third kappa shape index (κ3) is 11.4. The summed E-state index contributed by atoms with van der Waals surface area (Å²) in [6.07, 6.45) is 0.128. The van der Waals surface area contributed by atoms with Crippen LogP contribution in [-0.2, 0) is 25.7 Å². The number of carboxylic acids is 1. The van der Waals surface area contributed by atoms with Gasteiger partial charge in [0.15, 0.2) is 5.60 Å². The minimum absolute atomic E-state index is 0.0390. The normalized spacial score (nSPS) is 23.9. The van der Waals surface area contributed by atoms with Crippen molar-refractivity contribution in [1.29, 1.82) is 0 Å². The monoisotopic (exact) mass is 830 g/mol. The molecule has 5 rings (SSSR count). The Kier molecular flexibility index (Phi) is 15.0. The average molecular weight is 831 g/mol. The number of pyridine rings is 1. The molecule has 17 nitrogen and oxygen atoms in total. The summed E-state index contributed by atoms with van der Waals surface area (Å²) in [4.78, 5) is 66.4. The fraction of sp³-hybridized carbons (Fsp3) is 0.442. The number of aliphatic hydroxyl groups excluding tert-OH is 3. The molecule has 2 aliphatic rings. The van der Waals surface area contributed by atoms with Gasteiger partial charge < -0.3 is 57.3 Å². The Morgan fingerprint density at radius 3 is 2.30 bits per heavy atom. The lowest BCUT2D eigenvalue weighted by Gasteiger charge is -2.47. The number of amides is 4. The first-order valence-corrected chi connectivity index (χ1v) is 19.8. The van der Waals surface area contributed by atoms with Crippen LogP contribution in [0.25, 0.3) is 6.08 Å². The van der Waals surface area contributed by atoms with Crippen molar-refractivity contribution in [3.63, 3.8) is 0 Å². The highest BCUT2D eigenvalue weighted by Crippen LogP contribution is 2.36. The number of phenolic OH excluding ortho intramolecular Hbond substituents is 1. The van der Waals surface area contributed by atoms with Crippen LogP contribution in [0.15, 0.2) is 60.8 Å². The number of anilines is 1. The average Bonchev–Trinajstić information content (AvgIpc) is 3.21. The number of hydrogen-bond donors (Lipinski definition) is 10. The lowest BCUT2D eigenvalue weighted by atomic mass is 9.81. The summed E-state index contributed by atoms with van der Waals surface area (Å²) in [5.74, 6) is -2.72. The zero-order valence-corrected chi connectivity index (χ0v) is 33.8. The Bertz CT molecular complexity index is 2050. The molecule has 1 saturated carbocycles. The van der Waals surface area contributed by atoms with Crippen molar-refractivity contribution in [3.05, 3.63) is 94.2 Å². The largest absolute Gasteiger partial charge is 0.507 e. The van der Waals surface area contributed by atoms with E-state index in [1.807, 2.05) is 12.1 Å². The highest BCUT2D eigenvalue weighted by molar-refractivity contribution is 5.95. The zero-order valence-electron chi connectivity index (χ0n) is 33.8. The Balaban J connectivity index is 1.17. The molecular weight excluding hydrogens is 777 g/mol. The third-order valence-electron chi connectivity index (χ3n) is 11.1. The fourth-order valence-corrected chi connectivity index (χ4v) is 7.70. The number of aryl methyl sites for hydroxylation is 2. The summed E-state index contributed by atoms with van der Waals surface area (Å²) in [7, 11) is 0. The van der Waals surface area contributed by atoms with Crippen LogP contribution in [0.2, 0.25) is 0 Å². The van der Waals surface area contributed by atoms with E-state index in [4.69, 9.17) is 10.5 Å². The van der Waals surface area contributed by atoms with E-state index in [9.17, 15) is 49.5 Å². The summed E-state index contributed by atoms with van der Waals surface area (Å²) < 4.78 is 6.03. The van der Waals surface area contributed by atoms with Crippen molar-refractivity contribution in [2.24, 2.45) is 11.7 Å². The van der Waals surface area contributed by atoms with Gasteiger partial charge in [0.1, 0.15) is 23.8 Å². The molecule has 2 fully saturated rings. The number of phenols is 1. The second kappa shape index (κ2) is 19.9. The number of hydrogen-bond acceptors (Lipinski definition) is 12. The molecule has 0 unspecified atom stereocenters. The van der Waals surface area contributed by atoms with Crippen molar-refractivity contribution in [2.45, 2.75) is 108 Å². The van der Waals surface area contributed by atoms with E-state index in [2.05, 4.69) is 26.3 Å². The van der Waals surface area contributed by atoms with Gasteiger partial charge in [0.25, 0.3) is 5.91 Å². The number of aliphatic carboxylic acids is 1. The lowest BCUT2D eigenvalue weighted by Crippen LogP contribution is -2.67. The number of rotatable bonds is 16. The maximum absolute atomic E-state index is 13.1. The van der Waals surface area contributed by atoms with Crippen LogP contribution >= 0.6 is 0 Å². The molecule has 322 valence electrons. The van der Waals surface area contributed by atoms with Crippen molar-refractivity contribution < 1.29 is 54.2 Å². The van der Waals surface area contributed by atoms with E-state index in [-0.39, 0.29) is 42.1 Å². The molecule has 3 aromatic rings. The summed E-state index contributed by atoms with van der Waals surface area (Å²) in [6.45, 7) is 4.20. The zero-order chi connectivity index (χ0) is 43.7. The smallest absolute Gasteiger partial charge is 0.336 e. The minimum Gasteiger partial charge on any atom is -0.507 e. The quantitative estimate of drug-likeness (QED) is 0.0988. The number of primary amides is 1. The molecule has 2 heterocycles. The van der Waals surface area contributed by atoms with E-state index < -0.39 is 72.7 Å². The summed E-state index contributed by atoms with van der Waals surface area (Å²) >= 11 is 0. The number of carboxylic acid groups (broad SMARTS) is 1. The van der Waals surface area contributed by atoms with Crippen LogP contribution in [0.4, 0.5) is 5.82 Å². The Hall–Kier alpha value is -5.88. The maximum Gasteiger partial charge on any atom is 0.336 e. The highest BCUT2D eigenvalue weighted by atomic mass is 16.6. The first kappa shape index (κ1) is 45.2. The van der Waals surface area contributed by atoms with Crippen LogP contribution in [0.5, 0.6) is 5.75 Å². The molecule has 11 N–H and O–H groups in total. The van der Waals surface area contributed by atoms with Gasteiger partial charge in [-0.15, -0.1) is 0 Å². The molecule has 2 aromatic carbocycles. The van der Waals surface area contributed by atoms with E-state index in [1.54, 1.807) is 50.3 Å². The lowest BCUT2D eigenvalue weighted by molar-refractivity contribution is -0.226. The summed E-state index contributed by atoms with van der Waals surface area (Å²) in [5.41, 5.74) is 6.16. The highest BCUT2D eigenvalue weighted by Gasteiger charge is 2.54. The van der Waals surface area contributed by atoms with Crippen molar-refractivity contribution in [2.75, 3.05) is 11.9 Å². The number of aliphatic hydroxyl groups is 3. The Labute approximate surface area is 347 Å². The number of carbonyl (C=O) groups excluding carboxylic acids is 4. The molecule has 6 atom stereocenters. The van der Waals surface area contributed by atoms with E-state index in [0.717, 1.165) is 18.4 Å². The van der Waals surface area contributed by atoms with Gasteiger partial charge in [-0.1, -0.05) is 30.4 Å². The number of carbonyl (C=O) groups is 5. The van der Waals surface area contributed by atoms with Crippen molar-refractivity contribution in [1.82, 2.24) is 20.9 Å². The van der Waals surface area contributed by atoms with Gasteiger partial charge >= 0.3 is 5.97 Å². The molecule has 1 saturated heterocycles. The minimum atomic E-state index is -2.08. The maximum atomic E-state index is 13.1. The predicted octanol–water partition coefficient (Wildman–Crippen LogP) is 1.82. The SMILES string of the molecule is CC(=O)N[C@H]1[C@H]([C@H](O)[C@H](O)CNC(=O)c2cc(C)c(O)c(C)c2)O[C@@](C/C=C/c2cccc(CNC(=O)C3CCC(Nc4ccc(C(N)=O)cn4)CC3)c2)(C(=O)O)C[C@@H]1O. The van der Waals surface area contributed by atoms with Crippen LogP contribution in [-0.4, -0.2) is 109 Å². The number of nitrogens with zero attached hydrogens (tertiary/aromatic N) is 1. The van der Waals surface area contributed by atoms with Gasteiger partial charge in [-0.2, -0.15) is 0 Å². The van der Waals surface area contributed by atoms with Crippen LogP contribution in [0.3, 0.4) is 0 Å². The molecule has 1 aliphatic heterocycles. The predicted molar refractivity (Wildman–Crippen MR) is 219 cm³/mol. The summed E-state index contributed by atoms with van der Waals surface area (Å²) in [6, 6.07) is 12.3. The van der Waals surface area contributed by atoms with E-state index in [1.165, 1.54) is 25.3 Å². The summed E-state index contributed by atoms with van der Waals surface area (Å²) in [5, 5.41) is 65.2. The molecule has 60 heavy (non-hydrogen) atoms. The van der Waals surface area contributed by atoms with E-state index in [0.29, 0.717) is 40.9 Å². The number of benzene rings is 2. The van der Waals surface area contributed by atoms with Gasteiger partial charge in [0.05, 0.1) is 23.8 Å². The van der Waals surface area contributed by atoms with Crippen molar-refractivity contribution >= 4 is 41.5 Å². The second-order valence-electron chi connectivity index (χ2n) is 15.7. The first-order chi connectivity index (χ1) is 28.5. The van der Waals surface area contributed by atoms with Gasteiger partial charge in [-0.3, -0.25) is 19.2 Å². The third-order valence-corrected chi connectivity index (χ3v) is 11.1. The van der Waals surface area contributed by atoms with Gasteiger partial charge in [-0.25, -0.2) is 9.78 Å². The van der Waals surface area contributed by atoms with Gasteiger partial charge in [0, 0.05) is 56.6 Å². The Morgan fingerprint density at radius 1 is 0.983 bits per heavy atom. The molecule has 1 aliphatic carbocycles. The molecule has 0 bridgehead atoms. The van der Waals surface area contributed by atoms with Gasteiger partial charge in [-0.05, 0) is 92.1 Å². The number of nitrogens with two attached hydrogens (primary N) is 1. The molecule has 0 spiro atoms. The second-order valence-corrected chi connectivity index (χ2v) is 15.7. The topological polar surface area (TPSA) is 283 Å². The van der Waals surface area contributed by atoms with Crippen LogP contribution in [0.1, 0.15) is 88.4 Å². The molecule has 4 amide bonds. The van der Waals surface area contributed by atoms with Crippen molar-refractivity contribution in [3.8, 4) is 5.75 Å². The first-order valence-electron chi connectivity index (χ1n) is 19.8. The van der Waals surface area contributed by atoms with Crippen LogP contribution in [0, 0.1) is 19.8 Å². The Morgan fingerprint density at radius 2 is 1.68 bits per heavy atom. The van der Waals surface area contributed by atoms with Gasteiger partial charge in [0.2, 0.25) is 17.7 Å². The fourth-order valence-electron chi connectivity index (χ4n) is 7.70. The van der Waals surface area contributed by atoms with E-state index >= 15 is 0 Å². The molecular formula is C43H54N6O11. The standard InChI is InChI=1S/C43H54N6O11/c1-23-16-30(17-24(2)36(23)53)41(57)47-22-33(52)37(54)38-35(48-25(3)50)32(51)19-43(60-38,42(58)59)15-5-8-26-6-4-7-27(18-26)20-46-40(56)28-9-12-31(13-10-28)49-34-14-11-29(21-45-34)39(44)55/h4-8,11,14,16-18,21,28,31-33,35,37-38,51-54H,9-10,12-13,15,19-20,22H2,1-3H3,(H2,44,55)(H,45,49)(H,46,56)(H,47,57)(H,48,50)(H,58,59)/b8-5+/t28?,31?,32-,33+,35+,37+,38+,43+/m0/s1. The molecule has 17 heteroatoms. The number of aromatic nitrogens is 1. The molecule has 1 aromatic heterocycles. The number of aromatic hydroxyl groups is 1. The number of ether oxygens (including phenoxy) is 1.